The van der Waals surface area contributed by atoms with Crippen LogP contribution >= 0.6 is 0 Å². The minimum Gasteiger partial charge on any atom is -0.455 e. The molecule has 5 atom stereocenters. The molecule has 10 nitrogen and oxygen atoms in total. The molecule has 2 aliphatic rings. The number of esters is 1. The number of aromatic nitrogens is 2. The largest absolute Gasteiger partial charge is 0.455 e. The summed E-state index contributed by atoms with van der Waals surface area (Å²) in [5.74, 6) is -1.01. The van der Waals surface area contributed by atoms with Gasteiger partial charge in [-0.3, -0.25) is 14.3 Å². The van der Waals surface area contributed by atoms with Gasteiger partial charge in [-0.05, 0) is 31.5 Å². The summed E-state index contributed by atoms with van der Waals surface area (Å²) in [7, 11) is 0. The van der Waals surface area contributed by atoms with E-state index in [1.807, 2.05) is 6.92 Å². The van der Waals surface area contributed by atoms with E-state index in [-0.39, 0.29) is 0 Å². The lowest BCUT2D eigenvalue weighted by Gasteiger charge is -2.25. The van der Waals surface area contributed by atoms with Crippen LogP contribution in [-0.4, -0.2) is 33.3 Å². The number of hydrogen-bond donors (Lipinski definition) is 1. The number of carbonyl (C=O) groups is 1. The summed E-state index contributed by atoms with van der Waals surface area (Å²) in [5.41, 5.74) is 8.61. The van der Waals surface area contributed by atoms with Crippen molar-refractivity contribution in [1.82, 2.24) is 9.55 Å². The van der Waals surface area contributed by atoms with Crippen molar-refractivity contribution in [2.75, 3.05) is 0 Å². The van der Waals surface area contributed by atoms with Crippen LogP contribution in [0.15, 0.2) is 45.2 Å². The van der Waals surface area contributed by atoms with Gasteiger partial charge in [0, 0.05) is 22.6 Å². The summed E-state index contributed by atoms with van der Waals surface area (Å²) in [4.78, 5) is 41.5. The average molecular weight is 397 g/mol. The summed E-state index contributed by atoms with van der Waals surface area (Å²) in [6, 6.07) is 6.92. The SMILES string of the molecule is Cc1ccc(C(=O)OC2[C@H]3O[C@@H](n4cc(C)c(=O)[nH]c4=O)[C@H](C)C23N=[N+]=[N-])cc1. The topological polar surface area (TPSA) is 139 Å². The van der Waals surface area contributed by atoms with Crippen molar-refractivity contribution in [3.8, 4) is 0 Å². The van der Waals surface area contributed by atoms with Crippen LogP contribution in [0.5, 0.6) is 0 Å². The first-order valence-corrected chi connectivity index (χ1v) is 9.11. The normalized spacial score (nSPS) is 29.6. The minimum atomic E-state index is -1.11. The first kappa shape index (κ1) is 19.0. The van der Waals surface area contributed by atoms with Crippen LogP contribution in [0.25, 0.3) is 10.4 Å². The quantitative estimate of drug-likeness (QED) is 0.364. The molecule has 1 aliphatic carbocycles. The molecule has 0 bridgehead atoms. The fourth-order valence-electron chi connectivity index (χ4n) is 3.92. The zero-order valence-electron chi connectivity index (χ0n) is 16.0. The van der Waals surface area contributed by atoms with Gasteiger partial charge in [-0.2, -0.15) is 0 Å². The molecule has 1 aliphatic heterocycles. The van der Waals surface area contributed by atoms with E-state index in [2.05, 4.69) is 15.0 Å². The molecule has 1 saturated heterocycles. The Morgan fingerprint density at radius 3 is 2.66 bits per heavy atom. The van der Waals surface area contributed by atoms with E-state index in [0.717, 1.165) is 5.56 Å². The monoisotopic (exact) mass is 397 g/mol. The maximum Gasteiger partial charge on any atom is 0.338 e. The van der Waals surface area contributed by atoms with Crippen LogP contribution < -0.4 is 11.2 Å². The summed E-state index contributed by atoms with van der Waals surface area (Å²) in [6.45, 7) is 5.24. The van der Waals surface area contributed by atoms with Crippen LogP contribution in [0.1, 0.15) is 34.6 Å². The Labute approximate surface area is 164 Å². The molecule has 1 aromatic heterocycles. The van der Waals surface area contributed by atoms with Crippen LogP contribution in [-0.2, 0) is 9.47 Å². The van der Waals surface area contributed by atoms with E-state index in [0.29, 0.717) is 11.1 Å². The van der Waals surface area contributed by atoms with Gasteiger partial charge in [0.2, 0.25) is 0 Å². The van der Waals surface area contributed by atoms with Crippen LogP contribution in [0.2, 0.25) is 0 Å². The van der Waals surface area contributed by atoms with Gasteiger partial charge in [-0.15, -0.1) is 0 Å². The van der Waals surface area contributed by atoms with Crippen molar-refractivity contribution in [3.63, 3.8) is 0 Å². The van der Waals surface area contributed by atoms with Gasteiger partial charge in [0.05, 0.1) is 5.56 Å². The highest BCUT2D eigenvalue weighted by Gasteiger charge is 2.78. The highest BCUT2D eigenvalue weighted by atomic mass is 16.6. The summed E-state index contributed by atoms with van der Waals surface area (Å²) in [6.07, 6.45) is -0.780. The van der Waals surface area contributed by atoms with Crippen molar-refractivity contribution < 1.29 is 14.3 Å². The molecule has 0 spiro atoms. The molecule has 150 valence electrons. The maximum atomic E-state index is 12.5. The first-order chi connectivity index (χ1) is 13.8. The van der Waals surface area contributed by atoms with Gasteiger partial charge in [0.25, 0.3) is 5.56 Å². The predicted octanol–water partition coefficient (Wildman–Crippen LogP) is 1.98. The van der Waals surface area contributed by atoms with Crippen molar-refractivity contribution in [2.45, 2.75) is 44.7 Å². The van der Waals surface area contributed by atoms with Gasteiger partial charge in [-0.25, -0.2) is 9.59 Å². The summed E-state index contributed by atoms with van der Waals surface area (Å²) >= 11 is 0. The minimum absolute atomic E-state index is 0.348. The lowest BCUT2D eigenvalue weighted by Crippen LogP contribution is -2.38. The number of aromatic amines is 1. The number of aryl methyl sites for hydroxylation is 2. The number of rotatable bonds is 4. The van der Waals surface area contributed by atoms with E-state index >= 15 is 0 Å². The second-order valence-electron chi connectivity index (χ2n) is 7.48. The molecule has 10 heteroatoms. The van der Waals surface area contributed by atoms with Gasteiger partial charge < -0.3 is 9.47 Å². The number of benzene rings is 1. The van der Waals surface area contributed by atoms with Crippen molar-refractivity contribution in [3.05, 3.63) is 78.4 Å². The molecule has 0 amide bonds. The van der Waals surface area contributed by atoms with Crippen molar-refractivity contribution in [2.24, 2.45) is 11.0 Å². The fraction of sp³-hybridized carbons (Fsp3) is 0.421. The number of ether oxygens (including phenoxy) is 2. The molecule has 2 heterocycles. The van der Waals surface area contributed by atoms with Gasteiger partial charge in [0.15, 0.2) is 0 Å². The molecule has 1 saturated carbocycles. The molecular formula is C19H19N5O5. The van der Waals surface area contributed by atoms with Crippen molar-refractivity contribution in [1.29, 1.82) is 0 Å². The van der Waals surface area contributed by atoms with E-state index in [9.17, 15) is 14.4 Å². The standard InChI is InChI=1S/C19H19N5O5/c1-9-4-6-12(7-5-9)17(26)29-14-13-19(14,22-23-20)11(3)16(28-13)24-8-10(2)15(25)21-18(24)27/h4-8,11,13-14,16H,1-3H3,(H,21,25,27)/t11-,13+,14?,16+,19?/m0/s1. The highest BCUT2D eigenvalue weighted by Crippen LogP contribution is 2.61. The molecule has 29 heavy (non-hydrogen) atoms. The first-order valence-electron chi connectivity index (χ1n) is 9.11. The number of nitrogens with zero attached hydrogens (tertiary/aromatic N) is 4. The molecule has 4 rings (SSSR count). The fourth-order valence-corrected chi connectivity index (χ4v) is 3.92. The Morgan fingerprint density at radius 1 is 1.31 bits per heavy atom. The van der Waals surface area contributed by atoms with Gasteiger partial charge in [0.1, 0.15) is 24.0 Å². The lowest BCUT2D eigenvalue weighted by molar-refractivity contribution is -0.0427. The number of hydrogen-bond acceptors (Lipinski definition) is 6. The molecule has 1 N–H and O–H groups in total. The third-order valence-electron chi connectivity index (χ3n) is 5.68. The molecular weight excluding hydrogens is 378 g/mol. The Morgan fingerprint density at radius 2 is 2.00 bits per heavy atom. The number of H-pyrrole nitrogens is 1. The number of azide groups is 1. The third-order valence-corrected chi connectivity index (χ3v) is 5.68. The Hall–Kier alpha value is -3.36. The summed E-state index contributed by atoms with van der Waals surface area (Å²) in [5, 5.41) is 3.89. The van der Waals surface area contributed by atoms with Gasteiger partial charge >= 0.3 is 11.7 Å². The smallest absolute Gasteiger partial charge is 0.338 e. The van der Waals surface area contributed by atoms with Crippen LogP contribution in [0, 0.1) is 19.8 Å². The van der Waals surface area contributed by atoms with Crippen LogP contribution in [0.3, 0.4) is 0 Å². The highest BCUT2D eigenvalue weighted by molar-refractivity contribution is 5.89. The van der Waals surface area contributed by atoms with E-state index in [4.69, 9.17) is 15.0 Å². The molecule has 2 aromatic rings. The van der Waals surface area contributed by atoms with Crippen molar-refractivity contribution >= 4 is 5.97 Å². The van der Waals surface area contributed by atoms with Crippen LogP contribution in [0.4, 0.5) is 0 Å². The van der Waals surface area contributed by atoms with E-state index < -0.39 is 47.1 Å². The zero-order chi connectivity index (χ0) is 20.9. The van der Waals surface area contributed by atoms with E-state index in [1.54, 1.807) is 38.1 Å². The summed E-state index contributed by atoms with van der Waals surface area (Å²) < 4.78 is 12.8. The lowest BCUT2D eigenvalue weighted by atomic mass is 9.99. The van der Waals surface area contributed by atoms with E-state index in [1.165, 1.54) is 10.8 Å². The Balaban J connectivity index is 1.60. The zero-order valence-corrected chi connectivity index (χ0v) is 16.0. The predicted molar refractivity (Wildman–Crippen MR) is 101 cm³/mol. The second kappa shape index (κ2) is 6.61. The van der Waals surface area contributed by atoms with Gasteiger partial charge in [-0.1, -0.05) is 29.7 Å². The average Bonchev–Trinajstić information content (AvgIpc) is 3.17. The molecule has 1 aromatic carbocycles. The molecule has 2 unspecified atom stereocenters. The molecule has 0 radical (unpaired) electrons. The number of fused-ring (bicyclic) bond motifs is 1. The molecule has 2 fully saturated rings. The second-order valence-corrected chi connectivity index (χ2v) is 7.48. The maximum absolute atomic E-state index is 12.5. The Kier molecular flexibility index (Phi) is 4.33. The third kappa shape index (κ3) is 2.84. The number of carbonyl (C=O) groups excluding carboxylic acids is 1. The Bertz CT molecular complexity index is 1150. The number of nitrogens with one attached hydrogen (secondary N) is 1.